The number of hydrogen-bond donors (Lipinski definition) is 3. The summed E-state index contributed by atoms with van der Waals surface area (Å²) in [5.41, 5.74) is 1.21. The minimum Gasteiger partial charge on any atom is -0.477 e. The third kappa shape index (κ3) is 7.21. The van der Waals surface area contributed by atoms with Crippen molar-refractivity contribution in [1.82, 2.24) is 39.7 Å². The van der Waals surface area contributed by atoms with Crippen LogP contribution in [-0.4, -0.2) is 70.8 Å². The summed E-state index contributed by atoms with van der Waals surface area (Å²) in [4.78, 5) is 51.9. The van der Waals surface area contributed by atoms with Gasteiger partial charge in [-0.1, -0.05) is 27.7 Å². The number of carbonyl (C=O) groups is 3. The van der Waals surface area contributed by atoms with E-state index in [2.05, 4.69) is 44.4 Å². The summed E-state index contributed by atoms with van der Waals surface area (Å²) in [6.07, 6.45) is 2.57. The van der Waals surface area contributed by atoms with Crippen molar-refractivity contribution in [2.45, 2.75) is 66.2 Å². The van der Waals surface area contributed by atoms with Gasteiger partial charge in [0.15, 0.2) is 0 Å². The summed E-state index contributed by atoms with van der Waals surface area (Å²) in [7, 11) is 0. The van der Waals surface area contributed by atoms with Gasteiger partial charge in [0.2, 0.25) is 10.6 Å². The number of carbonyl (C=O) groups excluding carboxylic acids is 2. The van der Waals surface area contributed by atoms with Crippen LogP contribution in [0.1, 0.15) is 81.5 Å². The third-order valence-electron chi connectivity index (χ3n) is 7.07. The first-order valence-electron chi connectivity index (χ1n) is 14.1. The lowest BCUT2D eigenvalue weighted by Gasteiger charge is -2.29. The molecule has 2 atom stereocenters. The van der Waals surface area contributed by atoms with Crippen LogP contribution in [-0.2, 0) is 4.74 Å². The number of nitrogens with zero attached hydrogens (tertiary/aromatic N) is 6. The lowest BCUT2D eigenvalue weighted by Crippen LogP contribution is -2.40. The summed E-state index contributed by atoms with van der Waals surface area (Å²) in [5.74, 6) is -0.760. The molecule has 5 heterocycles. The minimum atomic E-state index is -1.10. The fourth-order valence-electron chi connectivity index (χ4n) is 5.03. The molecule has 4 aromatic heterocycles. The number of carboxylic acid groups (broad SMARTS) is 1. The van der Waals surface area contributed by atoms with Crippen LogP contribution in [0.25, 0.3) is 22.1 Å². The van der Waals surface area contributed by atoms with Crippen molar-refractivity contribution in [3.8, 4) is 0 Å². The number of halogens is 2. The second-order valence-electron chi connectivity index (χ2n) is 12.2. The lowest BCUT2D eigenvalue weighted by molar-refractivity contribution is 0.0516. The zero-order chi connectivity index (χ0) is 32.5. The number of carboxylic acids is 1. The molecule has 0 fully saturated rings. The van der Waals surface area contributed by atoms with E-state index in [0.29, 0.717) is 29.2 Å². The number of nitrogens with one attached hydrogen (secondary N) is 2. The maximum atomic E-state index is 12.0. The Morgan fingerprint density at radius 2 is 1.66 bits per heavy atom. The normalized spacial score (nSPS) is 15.5. The van der Waals surface area contributed by atoms with Gasteiger partial charge in [-0.05, 0) is 67.9 Å². The van der Waals surface area contributed by atoms with E-state index in [9.17, 15) is 19.5 Å². The van der Waals surface area contributed by atoms with Gasteiger partial charge in [0.25, 0.3) is 5.91 Å². The van der Waals surface area contributed by atoms with Crippen LogP contribution in [0.2, 0.25) is 10.6 Å². The van der Waals surface area contributed by atoms with Crippen LogP contribution in [0.3, 0.4) is 0 Å². The summed E-state index contributed by atoms with van der Waals surface area (Å²) in [5, 5.41) is 16.8. The van der Waals surface area contributed by atoms with Gasteiger partial charge in [-0.3, -0.25) is 4.79 Å². The van der Waals surface area contributed by atoms with Crippen molar-refractivity contribution in [2.75, 3.05) is 13.1 Å². The van der Waals surface area contributed by atoms with Gasteiger partial charge in [-0.15, -0.1) is 0 Å². The van der Waals surface area contributed by atoms with Crippen LogP contribution >= 0.6 is 23.2 Å². The molecule has 0 saturated heterocycles. The van der Waals surface area contributed by atoms with Crippen molar-refractivity contribution in [3.05, 3.63) is 46.5 Å². The second kappa shape index (κ2) is 12.9. The largest absolute Gasteiger partial charge is 0.477 e. The van der Waals surface area contributed by atoms with E-state index in [1.807, 2.05) is 24.5 Å². The highest BCUT2D eigenvalue weighted by Crippen LogP contribution is 2.30. The molecule has 3 N–H and O–H groups in total. The van der Waals surface area contributed by atoms with Crippen molar-refractivity contribution in [1.29, 1.82) is 0 Å². The van der Waals surface area contributed by atoms with Gasteiger partial charge in [-0.2, -0.15) is 9.97 Å². The molecule has 236 valence electrons. The minimum absolute atomic E-state index is 0.00683. The number of hydrogen-bond acceptors (Lipinski definition) is 8. The predicted molar refractivity (Wildman–Crippen MR) is 166 cm³/mol. The smallest absolute Gasteiger partial charge is 0.407 e. The molecule has 2 unspecified atom stereocenters. The third-order valence-corrected chi connectivity index (χ3v) is 7.44. The number of ether oxygens (including phenoxy) is 1. The fourth-order valence-corrected chi connectivity index (χ4v) is 5.28. The highest BCUT2D eigenvalue weighted by atomic mass is 35.5. The molecule has 13 nitrogen and oxygen atoms in total. The quantitative estimate of drug-likeness (QED) is 0.228. The molecular formula is C29H36Cl2N8O5. The molecular weight excluding hydrogens is 611 g/mol. The monoisotopic (exact) mass is 646 g/mol. The van der Waals surface area contributed by atoms with E-state index < -0.39 is 17.7 Å². The Morgan fingerprint density at radius 1 is 1.07 bits per heavy atom. The van der Waals surface area contributed by atoms with Crippen molar-refractivity contribution in [2.24, 2.45) is 11.8 Å². The zero-order valence-corrected chi connectivity index (χ0v) is 27.1. The van der Waals surface area contributed by atoms with Gasteiger partial charge in [0.1, 0.15) is 28.3 Å². The maximum Gasteiger partial charge on any atom is 0.407 e. The summed E-state index contributed by atoms with van der Waals surface area (Å²) in [6.45, 7) is 14.2. The lowest BCUT2D eigenvalue weighted by atomic mass is 10.0. The molecule has 15 heteroatoms. The average molecular weight is 648 g/mol. The summed E-state index contributed by atoms with van der Waals surface area (Å²) < 4.78 is 8.80. The van der Waals surface area contributed by atoms with Gasteiger partial charge in [0, 0.05) is 36.3 Å². The van der Waals surface area contributed by atoms with Crippen molar-refractivity contribution in [3.63, 3.8) is 0 Å². The molecule has 0 aliphatic carbocycles. The average Bonchev–Trinajstić information content (AvgIpc) is 3.47. The summed E-state index contributed by atoms with van der Waals surface area (Å²) in [6, 6.07) is 3.14. The predicted octanol–water partition coefficient (Wildman–Crippen LogP) is 5.53. The van der Waals surface area contributed by atoms with Gasteiger partial charge >= 0.3 is 12.1 Å². The number of fused-ring (bicyclic) bond motifs is 4. The first kappa shape index (κ1) is 32.9. The Bertz CT molecular complexity index is 1710. The van der Waals surface area contributed by atoms with E-state index in [4.69, 9.17) is 27.9 Å². The highest BCUT2D eigenvalue weighted by Gasteiger charge is 2.30. The molecule has 5 rings (SSSR count). The van der Waals surface area contributed by atoms with E-state index in [1.54, 1.807) is 31.5 Å². The molecule has 0 radical (unpaired) electrons. The molecule has 44 heavy (non-hydrogen) atoms. The molecule has 1 aliphatic rings. The standard InChI is InChI=1S/C17H23ClN4O4.C12H13ClN4O/c1-9(2)12(8-20-16(25)26-17(3,4)5)22-11(14(23)24)6-10-7-19-15(18)21-13(10)22;1-6(2)9-5-14-11(18)8-3-7-4-15-12(13)16-10(7)17(8)9/h6-7,9,12H,8H2,1-5H3,(H,20,25)(H,23,24);3-4,6,9H,5H2,1-2H3,(H,14,18). The number of rotatable bonds is 6. The first-order valence-corrected chi connectivity index (χ1v) is 14.9. The van der Waals surface area contributed by atoms with Gasteiger partial charge in [0.05, 0.1) is 12.1 Å². The first-order chi connectivity index (χ1) is 20.6. The highest BCUT2D eigenvalue weighted by molar-refractivity contribution is 6.28. The molecule has 0 aromatic carbocycles. The fraction of sp³-hybridized carbons (Fsp3) is 0.483. The van der Waals surface area contributed by atoms with E-state index >= 15 is 0 Å². The molecule has 0 spiro atoms. The van der Waals surface area contributed by atoms with E-state index in [1.165, 1.54) is 12.3 Å². The second-order valence-corrected chi connectivity index (χ2v) is 12.8. The molecule has 2 amide bonds. The van der Waals surface area contributed by atoms with Gasteiger partial charge in [-0.25, -0.2) is 19.6 Å². The number of amides is 2. The molecule has 4 aromatic rings. The van der Waals surface area contributed by atoms with Crippen LogP contribution in [0, 0.1) is 11.8 Å². The van der Waals surface area contributed by atoms with Crippen molar-refractivity contribution >= 4 is 63.2 Å². The molecule has 0 saturated carbocycles. The Morgan fingerprint density at radius 3 is 2.20 bits per heavy atom. The van der Waals surface area contributed by atoms with Crippen molar-refractivity contribution < 1.29 is 24.2 Å². The number of aromatic carboxylic acids is 1. The van der Waals surface area contributed by atoms with Crippen LogP contribution in [0.15, 0.2) is 24.5 Å². The zero-order valence-electron chi connectivity index (χ0n) is 25.6. The van der Waals surface area contributed by atoms with Crippen LogP contribution < -0.4 is 10.6 Å². The molecule has 0 bridgehead atoms. The van der Waals surface area contributed by atoms with Crippen LogP contribution in [0.4, 0.5) is 4.79 Å². The summed E-state index contributed by atoms with van der Waals surface area (Å²) >= 11 is 11.7. The molecule has 1 aliphatic heterocycles. The number of alkyl carbamates (subject to hydrolysis) is 1. The Hall–Kier alpha value is -3.97. The van der Waals surface area contributed by atoms with Gasteiger partial charge < -0.3 is 29.6 Å². The number of aromatic nitrogens is 6. The Kier molecular flexibility index (Phi) is 9.69. The maximum absolute atomic E-state index is 12.0. The SMILES string of the molecule is CC(C)C(CNC(=O)OC(C)(C)C)n1c(C(=O)O)cc2cnc(Cl)nc21.CC(C)C1CNC(=O)c2cc3cnc(Cl)nc3n21. The van der Waals surface area contributed by atoms with Crippen LogP contribution in [0.5, 0.6) is 0 Å². The Balaban J connectivity index is 0.000000213. The van der Waals surface area contributed by atoms with E-state index in [-0.39, 0.29) is 46.7 Å². The van der Waals surface area contributed by atoms with E-state index in [0.717, 1.165) is 11.0 Å². The Labute approximate surface area is 264 Å². The topological polar surface area (TPSA) is 166 Å².